The van der Waals surface area contributed by atoms with Crippen molar-refractivity contribution < 1.29 is 4.74 Å². The molecule has 2 nitrogen and oxygen atoms in total. The molecule has 3 rings (SSSR count). The number of benzene rings is 2. The first kappa shape index (κ1) is 15.1. The molecule has 1 aliphatic rings. The first-order valence-electron chi connectivity index (χ1n) is 8.40. The number of para-hydroxylation sites is 1. The molecule has 22 heavy (non-hydrogen) atoms. The second-order valence-corrected chi connectivity index (χ2v) is 6.10. The van der Waals surface area contributed by atoms with Gasteiger partial charge in [0, 0.05) is 18.2 Å². The smallest absolute Gasteiger partial charge is 0.124 e. The van der Waals surface area contributed by atoms with Crippen molar-refractivity contribution in [3.05, 3.63) is 65.7 Å². The second-order valence-electron chi connectivity index (χ2n) is 6.10. The van der Waals surface area contributed by atoms with E-state index in [0.717, 1.165) is 12.3 Å². The highest BCUT2D eigenvalue weighted by Gasteiger charge is 2.13. The summed E-state index contributed by atoms with van der Waals surface area (Å²) in [6.45, 7) is 1.52. The molecule has 0 atom stereocenters. The van der Waals surface area contributed by atoms with Crippen molar-refractivity contribution in [3.8, 4) is 5.75 Å². The Morgan fingerprint density at radius 2 is 1.59 bits per heavy atom. The van der Waals surface area contributed by atoms with Crippen LogP contribution in [0.1, 0.15) is 43.2 Å². The van der Waals surface area contributed by atoms with Crippen LogP contribution in [-0.4, -0.2) is 6.04 Å². The lowest BCUT2D eigenvalue weighted by atomic mass is 9.95. The first-order valence-corrected chi connectivity index (χ1v) is 8.40. The minimum atomic E-state index is 0.626. The average molecular weight is 295 g/mol. The summed E-state index contributed by atoms with van der Waals surface area (Å²) in [6.07, 6.45) is 6.75. The molecule has 116 valence electrons. The Hall–Kier alpha value is -1.80. The highest BCUT2D eigenvalue weighted by Crippen LogP contribution is 2.22. The lowest BCUT2D eigenvalue weighted by Crippen LogP contribution is -2.30. The van der Waals surface area contributed by atoms with Crippen LogP contribution in [0.4, 0.5) is 0 Å². The average Bonchev–Trinajstić information content (AvgIpc) is 2.61. The fourth-order valence-electron chi connectivity index (χ4n) is 3.09. The van der Waals surface area contributed by atoms with Gasteiger partial charge in [0.05, 0.1) is 0 Å². The van der Waals surface area contributed by atoms with Gasteiger partial charge in [-0.2, -0.15) is 0 Å². The van der Waals surface area contributed by atoms with Crippen molar-refractivity contribution in [2.45, 2.75) is 51.3 Å². The molecule has 1 aliphatic carbocycles. The molecule has 0 unspecified atom stereocenters. The van der Waals surface area contributed by atoms with Crippen LogP contribution in [-0.2, 0) is 13.2 Å². The van der Waals surface area contributed by atoms with Gasteiger partial charge in [-0.3, -0.25) is 0 Å². The Morgan fingerprint density at radius 1 is 0.864 bits per heavy atom. The molecule has 1 saturated carbocycles. The van der Waals surface area contributed by atoms with E-state index in [1.165, 1.54) is 43.2 Å². The van der Waals surface area contributed by atoms with Gasteiger partial charge in [-0.05, 0) is 24.5 Å². The zero-order valence-corrected chi connectivity index (χ0v) is 13.1. The zero-order valence-electron chi connectivity index (χ0n) is 13.1. The van der Waals surface area contributed by atoms with Crippen LogP contribution in [0.5, 0.6) is 5.75 Å². The molecule has 0 spiro atoms. The van der Waals surface area contributed by atoms with Crippen molar-refractivity contribution in [2.75, 3.05) is 0 Å². The predicted octanol–water partition coefficient (Wildman–Crippen LogP) is 4.69. The minimum absolute atomic E-state index is 0.626. The summed E-state index contributed by atoms with van der Waals surface area (Å²) >= 11 is 0. The van der Waals surface area contributed by atoms with Crippen molar-refractivity contribution in [1.82, 2.24) is 5.32 Å². The van der Waals surface area contributed by atoms with Gasteiger partial charge in [0.2, 0.25) is 0 Å². The van der Waals surface area contributed by atoms with E-state index < -0.39 is 0 Å². The monoisotopic (exact) mass is 295 g/mol. The summed E-state index contributed by atoms with van der Waals surface area (Å²) in [5.41, 5.74) is 2.46. The Kier molecular flexibility index (Phi) is 5.49. The molecular weight excluding hydrogens is 270 g/mol. The Balaban J connectivity index is 1.57. The van der Waals surface area contributed by atoms with Gasteiger partial charge in [-0.1, -0.05) is 67.8 Å². The van der Waals surface area contributed by atoms with Gasteiger partial charge in [-0.25, -0.2) is 0 Å². The molecule has 1 fully saturated rings. The Labute approximate surface area is 133 Å². The van der Waals surface area contributed by atoms with E-state index in [1.54, 1.807) is 0 Å². The van der Waals surface area contributed by atoms with Crippen molar-refractivity contribution >= 4 is 0 Å². The topological polar surface area (TPSA) is 21.3 Å². The zero-order chi connectivity index (χ0) is 15.0. The maximum absolute atomic E-state index is 6.02. The van der Waals surface area contributed by atoms with Crippen LogP contribution in [0.3, 0.4) is 0 Å². The van der Waals surface area contributed by atoms with E-state index in [-0.39, 0.29) is 0 Å². The van der Waals surface area contributed by atoms with Gasteiger partial charge in [0.15, 0.2) is 0 Å². The molecule has 0 bridgehead atoms. The summed E-state index contributed by atoms with van der Waals surface area (Å²) < 4.78 is 6.02. The van der Waals surface area contributed by atoms with Crippen molar-refractivity contribution in [3.63, 3.8) is 0 Å². The van der Waals surface area contributed by atoms with E-state index in [4.69, 9.17) is 4.74 Å². The maximum atomic E-state index is 6.02. The van der Waals surface area contributed by atoms with Gasteiger partial charge in [-0.15, -0.1) is 0 Å². The lowest BCUT2D eigenvalue weighted by Gasteiger charge is -2.23. The van der Waals surface area contributed by atoms with E-state index in [2.05, 4.69) is 47.8 Å². The normalized spacial score (nSPS) is 15.6. The van der Waals surface area contributed by atoms with Crippen LogP contribution in [0, 0.1) is 0 Å². The summed E-state index contributed by atoms with van der Waals surface area (Å²) in [5, 5.41) is 3.70. The van der Waals surface area contributed by atoms with Crippen LogP contribution in [0.15, 0.2) is 54.6 Å². The number of ether oxygens (including phenoxy) is 1. The van der Waals surface area contributed by atoms with Gasteiger partial charge >= 0.3 is 0 Å². The molecule has 0 heterocycles. The molecule has 1 N–H and O–H groups in total. The van der Waals surface area contributed by atoms with Crippen LogP contribution in [0.2, 0.25) is 0 Å². The molecule has 0 radical (unpaired) electrons. The van der Waals surface area contributed by atoms with E-state index in [0.29, 0.717) is 12.6 Å². The minimum Gasteiger partial charge on any atom is -0.489 e. The van der Waals surface area contributed by atoms with Crippen molar-refractivity contribution in [2.24, 2.45) is 0 Å². The molecule has 0 saturated heterocycles. The van der Waals surface area contributed by atoms with Crippen LogP contribution >= 0.6 is 0 Å². The van der Waals surface area contributed by atoms with Crippen LogP contribution < -0.4 is 10.1 Å². The van der Waals surface area contributed by atoms with E-state index in [1.807, 2.05) is 12.1 Å². The number of hydrogen-bond acceptors (Lipinski definition) is 2. The fourth-order valence-corrected chi connectivity index (χ4v) is 3.09. The summed E-state index contributed by atoms with van der Waals surface area (Å²) in [5.74, 6) is 0.995. The van der Waals surface area contributed by atoms with Gasteiger partial charge in [0.25, 0.3) is 0 Å². The third-order valence-corrected chi connectivity index (χ3v) is 4.40. The lowest BCUT2D eigenvalue weighted by molar-refractivity contribution is 0.300. The third-order valence-electron chi connectivity index (χ3n) is 4.40. The number of hydrogen-bond donors (Lipinski definition) is 1. The number of nitrogens with one attached hydrogen (secondary N) is 1. The van der Waals surface area contributed by atoms with Crippen molar-refractivity contribution in [1.29, 1.82) is 0 Å². The fraction of sp³-hybridized carbons (Fsp3) is 0.400. The SMILES string of the molecule is c1ccc(COc2ccccc2CNC2CCCCC2)cc1. The molecule has 0 aliphatic heterocycles. The quantitative estimate of drug-likeness (QED) is 0.835. The van der Waals surface area contributed by atoms with E-state index >= 15 is 0 Å². The molecule has 2 aromatic rings. The largest absolute Gasteiger partial charge is 0.489 e. The standard InChI is InChI=1S/C20H25NO/c1-3-9-17(10-4-1)16-22-20-14-8-7-11-18(20)15-21-19-12-5-2-6-13-19/h1,3-4,7-11,14,19,21H,2,5-6,12-13,15-16H2. The van der Waals surface area contributed by atoms with Crippen LogP contribution in [0.25, 0.3) is 0 Å². The molecule has 0 amide bonds. The Bertz CT molecular complexity index is 561. The number of rotatable bonds is 6. The summed E-state index contributed by atoms with van der Waals surface area (Å²) in [6, 6.07) is 19.4. The Morgan fingerprint density at radius 3 is 2.41 bits per heavy atom. The summed E-state index contributed by atoms with van der Waals surface area (Å²) in [7, 11) is 0. The highest BCUT2D eigenvalue weighted by atomic mass is 16.5. The van der Waals surface area contributed by atoms with E-state index in [9.17, 15) is 0 Å². The summed E-state index contributed by atoms with van der Waals surface area (Å²) in [4.78, 5) is 0. The van der Waals surface area contributed by atoms with Gasteiger partial charge < -0.3 is 10.1 Å². The van der Waals surface area contributed by atoms with Gasteiger partial charge in [0.1, 0.15) is 12.4 Å². The molecule has 0 aromatic heterocycles. The molecular formula is C20H25NO. The predicted molar refractivity (Wildman–Crippen MR) is 90.9 cm³/mol. The molecule has 2 aromatic carbocycles. The first-order chi connectivity index (χ1) is 10.9. The second kappa shape index (κ2) is 8.00. The maximum Gasteiger partial charge on any atom is 0.124 e. The molecule has 2 heteroatoms. The highest BCUT2D eigenvalue weighted by molar-refractivity contribution is 5.33. The third kappa shape index (κ3) is 4.35.